The van der Waals surface area contributed by atoms with Gasteiger partial charge in [-0.15, -0.1) is 0 Å². The molecule has 3 aromatic rings. The summed E-state index contributed by atoms with van der Waals surface area (Å²) in [5, 5.41) is 6.71. The molecule has 0 saturated carbocycles. The average molecular weight is 420 g/mol. The number of carbonyl (C=O) groups is 1. The lowest BCUT2D eigenvalue weighted by Gasteiger charge is -2.21. The summed E-state index contributed by atoms with van der Waals surface area (Å²) < 4.78 is 48.6. The number of nitrogens with one attached hydrogen (secondary N) is 1. The van der Waals surface area contributed by atoms with Gasteiger partial charge < -0.3 is 14.3 Å². The number of hydrogen-bond acceptors (Lipinski definition) is 6. The van der Waals surface area contributed by atoms with Crippen LogP contribution in [0.25, 0.3) is 11.4 Å². The zero-order chi connectivity index (χ0) is 21.1. The Kier molecular flexibility index (Phi) is 5.58. The van der Waals surface area contributed by atoms with Gasteiger partial charge in [0.05, 0.1) is 31.0 Å². The van der Waals surface area contributed by atoms with Crippen molar-refractivity contribution in [1.82, 2.24) is 20.4 Å². The van der Waals surface area contributed by atoms with Gasteiger partial charge in [0.1, 0.15) is 5.76 Å². The van der Waals surface area contributed by atoms with Crippen molar-refractivity contribution in [1.29, 1.82) is 0 Å². The number of amides is 1. The fraction of sp³-hybridized carbons (Fsp3) is 0.350. The molecule has 0 aliphatic carbocycles. The van der Waals surface area contributed by atoms with Crippen LogP contribution in [0, 0.1) is 0 Å². The molecule has 1 amide bonds. The summed E-state index contributed by atoms with van der Waals surface area (Å²) in [7, 11) is 0. The number of rotatable bonds is 6. The summed E-state index contributed by atoms with van der Waals surface area (Å²) in [6, 6.07) is 7.79. The maximum atomic E-state index is 12.7. The zero-order valence-corrected chi connectivity index (χ0v) is 15.9. The van der Waals surface area contributed by atoms with Gasteiger partial charge in [-0.1, -0.05) is 17.3 Å². The monoisotopic (exact) mass is 420 g/mol. The van der Waals surface area contributed by atoms with E-state index >= 15 is 0 Å². The van der Waals surface area contributed by atoms with Crippen molar-refractivity contribution in [2.24, 2.45) is 0 Å². The minimum Gasteiger partial charge on any atom is -0.467 e. The zero-order valence-electron chi connectivity index (χ0n) is 15.9. The Morgan fingerprint density at radius 3 is 2.73 bits per heavy atom. The highest BCUT2D eigenvalue weighted by molar-refractivity contribution is 5.81. The Morgan fingerprint density at radius 1 is 1.23 bits per heavy atom. The van der Waals surface area contributed by atoms with Crippen LogP contribution in [0.2, 0.25) is 0 Å². The molecule has 1 saturated heterocycles. The number of alkyl halides is 3. The van der Waals surface area contributed by atoms with Crippen LogP contribution >= 0.6 is 0 Å². The van der Waals surface area contributed by atoms with Gasteiger partial charge in [-0.3, -0.25) is 9.69 Å². The van der Waals surface area contributed by atoms with Crippen LogP contribution in [0.3, 0.4) is 0 Å². The standard InChI is InChI=1S/C20H19F3N4O3/c21-20(22,23)14-7-5-13(6-8-14)18-25-17(30-26-18)12-27-9-1-4-16(27)19(28)24-11-15-3-2-10-29-15/h2-3,5-8,10,16H,1,4,9,11-12H2,(H,24,28). The average Bonchev–Trinajstić information content (AvgIpc) is 3.48. The molecule has 7 nitrogen and oxygen atoms in total. The highest BCUT2D eigenvalue weighted by atomic mass is 19.4. The molecule has 30 heavy (non-hydrogen) atoms. The molecule has 0 bridgehead atoms. The van der Waals surface area contributed by atoms with Gasteiger partial charge in [0.25, 0.3) is 0 Å². The van der Waals surface area contributed by atoms with Crippen LogP contribution in [0.1, 0.15) is 30.1 Å². The van der Waals surface area contributed by atoms with Crippen molar-refractivity contribution in [3.05, 3.63) is 59.9 Å². The molecule has 2 aromatic heterocycles. The van der Waals surface area contributed by atoms with Gasteiger partial charge in [-0.25, -0.2) is 0 Å². The van der Waals surface area contributed by atoms with Crippen molar-refractivity contribution >= 4 is 5.91 Å². The maximum Gasteiger partial charge on any atom is 0.416 e. The summed E-state index contributed by atoms with van der Waals surface area (Å²) >= 11 is 0. The summed E-state index contributed by atoms with van der Waals surface area (Å²) in [4.78, 5) is 18.7. The molecule has 0 spiro atoms. The quantitative estimate of drug-likeness (QED) is 0.656. The number of halogens is 3. The van der Waals surface area contributed by atoms with Gasteiger partial charge in [0.2, 0.25) is 17.6 Å². The molecular formula is C20H19F3N4O3. The van der Waals surface area contributed by atoms with Crippen molar-refractivity contribution < 1.29 is 26.9 Å². The minimum absolute atomic E-state index is 0.105. The molecule has 158 valence electrons. The second-order valence-corrected chi connectivity index (χ2v) is 7.01. The van der Waals surface area contributed by atoms with E-state index in [2.05, 4.69) is 15.5 Å². The fourth-order valence-electron chi connectivity index (χ4n) is 3.44. The Morgan fingerprint density at radius 2 is 2.03 bits per heavy atom. The summed E-state index contributed by atoms with van der Waals surface area (Å²) in [6.45, 7) is 1.30. The third-order valence-corrected chi connectivity index (χ3v) is 4.96. The topological polar surface area (TPSA) is 84.4 Å². The summed E-state index contributed by atoms with van der Waals surface area (Å²) in [5.74, 6) is 1.07. The van der Waals surface area contributed by atoms with E-state index in [4.69, 9.17) is 8.94 Å². The van der Waals surface area contributed by atoms with Crippen molar-refractivity contribution in [3.8, 4) is 11.4 Å². The van der Waals surface area contributed by atoms with E-state index in [0.717, 1.165) is 18.6 Å². The number of furan rings is 1. The lowest BCUT2D eigenvalue weighted by molar-refractivity contribution is -0.137. The SMILES string of the molecule is O=C(NCc1ccco1)C1CCCN1Cc1nc(-c2ccc(C(F)(F)F)cc2)no1. The molecule has 1 aromatic carbocycles. The van der Waals surface area contributed by atoms with Crippen molar-refractivity contribution in [2.45, 2.75) is 38.1 Å². The number of nitrogens with zero attached hydrogens (tertiary/aromatic N) is 3. The van der Waals surface area contributed by atoms with Crippen LogP contribution in [0.4, 0.5) is 13.2 Å². The Labute approximate surface area is 169 Å². The van der Waals surface area contributed by atoms with Crippen LogP contribution < -0.4 is 5.32 Å². The molecule has 0 radical (unpaired) electrons. The van der Waals surface area contributed by atoms with Gasteiger partial charge in [0, 0.05) is 5.56 Å². The van der Waals surface area contributed by atoms with Crippen molar-refractivity contribution in [2.75, 3.05) is 6.54 Å². The van der Waals surface area contributed by atoms with E-state index in [9.17, 15) is 18.0 Å². The number of aromatic nitrogens is 2. The van der Waals surface area contributed by atoms with E-state index in [-0.39, 0.29) is 24.3 Å². The minimum atomic E-state index is -4.40. The predicted octanol–water partition coefficient (Wildman–Crippen LogP) is 3.63. The summed E-state index contributed by atoms with van der Waals surface area (Å²) in [6.07, 6.45) is -1.28. The smallest absolute Gasteiger partial charge is 0.416 e. The molecule has 1 aliphatic heterocycles. The molecule has 4 rings (SSSR count). The van der Waals surface area contributed by atoms with E-state index in [1.54, 1.807) is 18.4 Å². The van der Waals surface area contributed by atoms with Gasteiger partial charge >= 0.3 is 6.18 Å². The summed E-state index contributed by atoms with van der Waals surface area (Å²) in [5.41, 5.74) is -0.317. The van der Waals surface area contributed by atoms with E-state index in [0.29, 0.717) is 36.7 Å². The Hall–Kier alpha value is -3.14. The normalized spacial score (nSPS) is 17.4. The van der Waals surface area contributed by atoms with Crippen LogP contribution in [0.15, 0.2) is 51.6 Å². The highest BCUT2D eigenvalue weighted by Crippen LogP contribution is 2.30. The second-order valence-electron chi connectivity index (χ2n) is 7.01. The van der Waals surface area contributed by atoms with Crippen LogP contribution in [-0.4, -0.2) is 33.5 Å². The highest BCUT2D eigenvalue weighted by Gasteiger charge is 2.32. The Bertz CT molecular complexity index is 984. The van der Waals surface area contributed by atoms with Crippen molar-refractivity contribution in [3.63, 3.8) is 0 Å². The number of hydrogen-bond donors (Lipinski definition) is 1. The van der Waals surface area contributed by atoms with E-state index in [1.165, 1.54) is 12.1 Å². The van der Waals surface area contributed by atoms with Gasteiger partial charge in [0.15, 0.2) is 0 Å². The van der Waals surface area contributed by atoms with E-state index in [1.807, 2.05) is 4.90 Å². The molecule has 1 atom stereocenters. The van der Waals surface area contributed by atoms with Gasteiger partial charge in [-0.05, 0) is 43.7 Å². The first-order chi connectivity index (χ1) is 14.4. The Balaban J connectivity index is 1.38. The third-order valence-electron chi connectivity index (χ3n) is 4.96. The molecular weight excluding hydrogens is 401 g/mol. The largest absolute Gasteiger partial charge is 0.467 e. The first-order valence-corrected chi connectivity index (χ1v) is 9.44. The second kappa shape index (κ2) is 8.31. The molecule has 1 fully saturated rings. The third kappa shape index (κ3) is 4.54. The number of benzene rings is 1. The predicted molar refractivity (Wildman–Crippen MR) is 98.7 cm³/mol. The molecule has 10 heteroatoms. The number of carbonyl (C=O) groups excluding carboxylic acids is 1. The maximum absolute atomic E-state index is 12.7. The van der Waals surface area contributed by atoms with Crippen LogP contribution in [-0.2, 0) is 24.1 Å². The molecule has 1 aliphatic rings. The van der Waals surface area contributed by atoms with Crippen LogP contribution in [0.5, 0.6) is 0 Å². The lowest BCUT2D eigenvalue weighted by atomic mass is 10.1. The number of likely N-dealkylation sites (tertiary alicyclic amines) is 1. The molecule has 1 unspecified atom stereocenters. The molecule has 3 heterocycles. The molecule has 1 N–H and O–H groups in total. The van der Waals surface area contributed by atoms with E-state index < -0.39 is 11.7 Å². The van der Waals surface area contributed by atoms with Gasteiger partial charge in [-0.2, -0.15) is 18.2 Å². The first-order valence-electron chi connectivity index (χ1n) is 9.44. The first kappa shape index (κ1) is 20.1. The lowest BCUT2D eigenvalue weighted by Crippen LogP contribution is -2.42. The fourth-order valence-corrected chi connectivity index (χ4v) is 3.44.